The third kappa shape index (κ3) is 3.56. The first kappa shape index (κ1) is 13.6. The van der Waals surface area contributed by atoms with Gasteiger partial charge in [0.05, 0.1) is 25.1 Å². The van der Waals surface area contributed by atoms with Gasteiger partial charge >= 0.3 is 7.60 Å². The van der Waals surface area contributed by atoms with E-state index in [1.54, 1.807) is 13.8 Å². The Morgan fingerprint density at radius 2 is 1.94 bits per heavy atom. The molecule has 1 rings (SSSR count). The highest BCUT2D eigenvalue weighted by molar-refractivity contribution is 7.53. The first-order chi connectivity index (χ1) is 7.50. The zero-order valence-corrected chi connectivity index (χ0v) is 11.4. The molecule has 7 heteroatoms. The fourth-order valence-corrected chi connectivity index (χ4v) is 4.28. The van der Waals surface area contributed by atoms with E-state index in [0.717, 1.165) is 10.6 Å². The van der Waals surface area contributed by atoms with E-state index in [-0.39, 0.29) is 6.16 Å². The van der Waals surface area contributed by atoms with E-state index in [2.05, 4.69) is 4.98 Å². The second-order valence-electron chi connectivity index (χ2n) is 3.17. The van der Waals surface area contributed by atoms with Crippen molar-refractivity contribution < 1.29 is 13.6 Å². The summed E-state index contributed by atoms with van der Waals surface area (Å²) in [5, 5.41) is 0.479. The molecule has 0 unspecified atom stereocenters. The molecule has 1 aromatic rings. The smallest absolute Gasteiger partial charge is 0.335 e. The molecular formula is C9H17N2O3PS. The predicted molar refractivity (Wildman–Crippen MR) is 65.8 cm³/mol. The molecule has 0 aromatic carbocycles. The molecule has 2 N–H and O–H groups in total. The van der Waals surface area contributed by atoms with Crippen LogP contribution < -0.4 is 5.73 Å². The minimum atomic E-state index is -3.04. The minimum absolute atomic E-state index is 0.245. The lowest BCUT2D eigenvalue weighted by atomic mass is 10.4. The van der Waals surface area contributed by atoms with E-state index in [4.69, 9.17) is 14.8 Å². The summed E-state index contributed by atoms with van der Waals surface area (Å²) in [4.78, 5) is 4.94. The SMILES string of the molecule is CCOP(=O)(Cc1sc(N)nc1C)OCC. The maximum absolute atomic E-state index is 12.2. The predicted octanol–water partition coefficient (Wildman–Crippen LogP) is 2.80. The molecule has 16 heavy (non-hydrogen) atoms. The van der Waals surface area contributed by atoms with Gasteiger partial charge in [0, 0.05) is 4.88 Å². The monoisotopic (exact) mass is 264 g/mol. The molecule has 92 valence electrons. The molecule has 0 aliphatic rings. The lowest BCUT2D eigenvalue weighted by molar-refractivity contribution is 0.219. The Kier molecular flexibility index (Phi) is 4.92. The fourth-order valence-electron chi connectivity index (χ4n) is 1.30. The number of nitrogens with zero attached hydrogens (tertiary/aromatic N) is 1. The normalized spacial score (nSPS) is 11.9. The van der Waals surface area contributed by atoms with E-state index < -0.39 is 7.60 Å². The van der Waals surface area contributed by atoms with E-state index in [1.807, 2.05) is 6.92 Å². The number of nitrogens with two attached hydrogens (primary N) is 1. The molecule has 0 aliphatic carbocycles. The molecule has 0 saturated carbocycles. The van der Waals surface area contributed by atoms with Crippen LogP contribution in [0.1, 0.15) is 24.4 Å². The molecule has 0 bridgehead atoms. The van der Waals surface area contributed by atoms with Gasteiger partial charge in [0.1, 0.15) is 0 Å². The van der Waals surface area contributed by atoms with Crippen LogP contribution in [0.5, 0.6) is 0 Å². The van der Waals surface area contributed by atoms with Crippen molar-refractivity contribution >= 4 is 24.1 Å². The van der Waals surface area contributed by atoms with E-state index >= 15 is 0 Å². The molecule has 1 aromatic heterocycles. The van der Waals surface area contributed by atoms with Crippen LogP contribution >= 0.6 is 18.9 Å². The molecule has 1 heterocycles. The summed E-state index contributed by atoms with van der Waals surface area (Å²) in [7, 11) is -3.04. The second-order valence-corrected chi connectivity index (χ2v) is 6.33. The molecule has 5 nitrogen and oxygen atoms in total. The van der Waals surface area contributed by atoms with Gasteiger partial charge in [0.2, 0.25) is 0 Å². The molecule has 0 fully saturated rings. The molecule has 0 aliphatic heterocycles. The number of thiazole rings is 1. The van der Waals surface area contributed by atoms with Crippen molar-refractivity contribution in [1.29, 1.82) is 0 Å². The van der Waals surface area contributed by atoms with Crippen molar-refractivity contribution in [2.75, 3.05) is 18.9 Å². The molecule has 0 radical (unpaired) electrons. The van der Waals surface area contributed by atoms with Crippen molar-refractivity contribution in [3.8, 4) is 0 Å². The Balaban J connectivity index is 2.83. The highest BCUT2D eigenvalue weighted by atomic mass is 32.1. The summed E-state index contributed by atoms with van der Waals surface area (Å²) in [5.41, 5.74) is 6.38. The summed E-state index contributed by atoms with van der Waals surface area (Å²) in [6.07, 6.45) is 0.245. The third-order valence-corrected chi connectivity index (χ3v) is 5.11. The maximum Gasteiger partial charge on any atom is 0.335 e. The molecule has 0 spiro atoms. The summed E-state index contributed by atoms with van der Waals surface area (Å²) >= 11 is 1.33. The van der Waals surface area contributed by atoms with Gasteiger partial charge < -0.3 is 14.8 Å². The Morgan fingerprint density at radius 3 is 2.31 bits per heavy atom. The van der Waals surface area contributed by atoms with Gasteiger partial charge in [-0.05, 0) is 20.8 Å². The van der Waals surface area contributed by atoms with Crippen LogP contribution in [0.2, 0.25) is 0 Å². The van der Waals surface area contributed by atoms with Crippen molar-refractivity contribution in [2.45, 2.75) is 26.9 Å². The van der Waals surface area contributed by atoms with Gasteiger partial charge in [0.15, 0.2) is 5.13 Å². The Labute approximate surface area is 99.5 Å². The highest BCUT2D eigenvalue weighted by Crippen LogP contribution is 2.52. The van der Waals surface area contributed by atoms with Gasteiger partial charge in [-0.15, -0.1) is 11.3 Å². The summed E-state index contributed by atoms with van der Waals surface area (Å²) < 4.78 is 22.7. The second kappa shape index (κ2) is 5.77. The van der Waals surface area contributed by atoms with Crippen LogP contribution in [-0.2, 0) is 19.8 Å². The van der Waals surface area contributed by atoms with Gasteiger partial charge in [-0.25, -0.2) is 4.98 Å². The lowest BCUT2D eigenvalue weighted by Gasteiger charge is -2.16. The number of hydrogen-bond acceptors (Lipinski definition) is 6. The van der Waals surface area contributed by atoms with Crippen molar-refractivity contribution in [2.24, 2.45) is 0 Å². The standard InChI is InChI=1S/C9H17N2O3PS/c1-4-13-15(12,14-5-2)6-8-7(3)11-9(10)16-8/h4-6H2,1-3H3,(H2,10,11). The topological polar surface area (TPSA) is 74.4 Å². The van der Waals surface area contributed by atoms with E-state index in [1.165, 1.54) is 11.3 Å². The molecule has 0 saturated heterocycles. The number of aromatic nitrogens is 1. The first-order valence-corrected chi connectivity index (χ1v) is 7.65. The zero-order valence-electron chi connectivity index (χ0n) is 9.73. The van der Waals surface area contributed by atoms with Crippen LogP contribution in [0.4, 0.5) is 5.13 Å². The van der Waals surface area contributed by atoms with Crippen LogP contribution in [0, 0.1) is 6.92 Å². The Bertz CT molecular complexity index is 384. The quantitative estimate of drug-likeness (QED) is 0.800. The highest BCUT2D eigenvalue weighted by Gasteiger charge is 2.26. The Hall–Kier alpha value is -0.420. The number of anilines is 1. The van der Waals surface area contributed by atoms with Crippen LogP contribution in [0.15, 0.2) is 0 Å². The molecule has 0 atom stereocenters. The van der Waals surface area contributed by atoms with Crippen molar-refractivity contribution in [1.82, 2.24) is 4.98 Å². The molecule has 0 amide bonds. The van der Waals surface area contributed by atoms with E-state index in [0.29, 0.717) is 18.3 Å². The number of aryl methyl sites for hydroxylation is 1. The van der Waals surface area contributed by atoms with Crippen LogP contribution in [0.25, 0.3) is 0 Å². The Morgan fingerprint density at radius 1 is 1.38 bits per heavy atom. The lowest BCUT2D eigenvalue weighted by Crippen LogP contribution is -1.98. The van der Waals surface area contributed by atoms with Crippen LogP contribution in [-0.4, -0.2) is 18.2 Å². The summed E-state index contributed by atoms with van der Waals surface area (Å²) in [5.74, 6) is 0. The van der Waals surface area contributed by atoms with Gasteiger partial charge in [-0.2, -0.15) is 0 Å². The summed E-state index contributed by atoms with van der Waals surface area (Å²) in [6, 6.07) is 0. The van der Waals surface area contributed by atoms with Crippen molar-refractivity contribution in [3.63, 3.8) is 0 Å². The van der Waals surface area contributed by atoms with E-state index in [9.17, 15) is 4.57 Å². The minimum Gasteiger partial charge on any atom is -0.375 e. The largest absolute Gasteiger partial charge is 0.375 e. The van der Waals surface area contributed by atoms with Gasteiger partial charge in [-0.3, -0.25) is 4.57 Å². The van der Waals surface area contributed by atoms with Crippen molar-refractivity contribution in [3.05, 3.63) is 10.6 Å². The zero-order chi connectivity index (χ0) is 12.2. The summed E-state index contributed by atoms with van der Waals surface area (Å²) in [6.45, 7) is 6.15. The average molecular weight is 264 g/mol. The first-order valence-electron chi connectivity index (χ1n) is 5.10. The van der Waals surface area contributed by atoms with Gasteiger partial charge in [0.25, 0.3) is 0 Å². The maximum atomic E-state index is 12.2. The molecular weight excluding hydrogens is 247 g/mol. The number of nitrogen functional groups attached to an aromatic ring is 1. The third-order valence-electron chi connectivity index (χ3n) is 1.90. The van der Waals surface area contributed by atoms with Gasteiger partial charge in [-0.1, -0.05) is 0 Å². The fraction of sp³-hybridized carbons (Fsp3) is 0.667. The number of hydrogen-bond donors (Lipinski definition) is 1. The van der Waals surface area contributed by atoms with Crippen LogP contribution in [0.3, 0.4) is 0 Å². The average Bonchev–Trinajstić information content (AvgIpc) is 2.45. The number of rotatable bonds is 6.